The zero-order valence-corrected chi connectivity index (χ0v) is 17.5. The molecule has 2 aliphatic heterocycles. The van der Waals surface area contributed by atoms with Crippen molar-refractivity contribution in [2.75, 3.05) is 44.9 Å². The van der Waals surface area contributed by atoms with Crippen molar-refractivity contribution in [1.82, 2.24) is 15.1 Å². The average molecular weight is 401 g/mol. The van der Waals surface area contributed by atoms with Crippen molar-refractivity contribution in [3.63, 3.8) is 0 Å². The average Bonchev–Trinajstić information content (AvgIpc) is 2.96. The summed E-state index contributed by atoms with van der Waals surface area (Å²) in [6, 6.07) is 8.27. The topological polar surface area (TPSA) is 65.1 Å². The van der Waals surface area contributed by atoms with Crippen molar-refractivity contribution in [3.8, 4) is 0 Å². The van der Waals surface area contributed by atoms with Crippen molar-refractivity contribution in [1.29, 1.82) is 0 Å². The highest BCUT2D eigenvalue weighted by Gasteiger charge is 2.54. The van der Waals surface area contributed by atoms with Crippen LogP contribution in [-0.2, 0) is 16.1 Å². The predicted octanol–water partition coefficient (Wildman–Crippen LogP) is 2.41. The number of ether oxygens (including phenoxy) is 1. The number of carbonyl (C=O) groups is 2. The molecule has 1 aromatic rings. The Morgan fingerprint density at radius 1 is 1.17 bits per heavy atom. The van der Waals surface area contributed by atoms with Gasteiger partial charge < -0.3 is 15.0 Å². The summed E-state index contributed by atoms with van der Waals surface area (Å²) in [5.41, 5.74) is 1.69. The SMILES string of the molecule is CC1CCCCC12NC(=O)N(CN(C)Cc1ccc(N3CCOCC3)cc1)C2=O. The third-order valence-corrected chi connectivity index (χ3v) is 6.65. The van der Waals surface area contributed by atoms with Gasteiger partial charge in [0.15, 0.2) is 0 Å². The van der Waals surface area contributed by atoms with Crippen LogP contribution in [0, 0.1) is 5.92 Å². The Kier molecular flexibility index (Phi) is 5.79. The monoisotopic (exact) mass is 400 g/mol. The van der Waals surface area contributed by atoms with Gasteiger partial charge in [-0.2, -0.15) is 0 Å². The maximum absolute atomic E-state index is 13.1. The first kappa shape index (κ1) is 20.2. The maximum atomic E-state index is 13.1. The molecule has 4 rings (SSSR count). The van der Waals surface area contributed by atoms with Crippen LogP contribution in [0.5, 0.6) is 0 Å². The van der Waals surface area contributed by atoms with Crippen LogP contribution in [0.4, 0.5) is 10.5 Å². The van der Waals surface area contributed by atoms with Crippen LogP contribution in [0.15, 0.2) is 24.3 Å². The van der Waals surface area contributed by atoms with Gasteiger partial charge in [-0.15, -0.1) is 0 Å². The summed E-state index contributed by atoms with van der Waals surface area (Å²) in [4.78, 5) is 31.4. The van der Waals surface area contributed by atoms with Crippen LogP contribution >= 0.6 is 0 Å². The lowest BCUT2D eigenvalue weighted by Crippen LogP contribution is -2.54. The molecule has 1 N–H and O–H groups in total. The molecule has 2 unspecified atom stereocenters. The summed E-state index contributed by atoms with van der Waals surface area (Å²) in [6.45, 7) is 6.47. The zero-order chi connectivity index (χ0) is 20.4. The van der Waals surface area contributed by atoms with Gasteiger partial charge in [-0.3, -0.25) is 9.69 Å². The van der Waals surface area contributed by atoms with E-state index in [-0.39, 0.29) is 17.9 Å². The van der Waals surface area contributed by atoms with Gasteiger partial charge in [0.25, 0.3) is 5.91 Å². The van der Waals surface area contributed by atoms with Crippen LogP contribution in [0.3, 0.4) is 0 Å². The van der Waals surface area contributed by atoms with Gasteiger partial charge in [0.05, 0.1) is 19.9 Å². The minimum absolute atomic E-state index is 0.0517. The van der Waals surface area contributed by atoms with E-state index in [4.69, 9.17) is 4.74 Å². The molecule has 2 saturated heterocycles. The normalized spacial score (nSPS) is 27.8. The minimum atomic E-state index is -0.685. The smallest absolute Gasteiger partial charge is 0.326 e. The number of hydrogen-bond acceptors (Lipinski definition) is 5. The fraction of sp³-hybridized carbons (Fsp3) is 0.636. The maximum Gasteiger partial charge on any atom is 0.326 e. The number of anilines is 1. The molecule has 0 bridgehead atoms. The summed E-state index contributed by atoms with van der Waals surface area (Å²) in [6.07, 6.45) is 3.87. The molecule has 7 nitrogen and oxygen atoms in total. The van der Waals surface area contributed by atoms with Gasteiger partial charge >= 0.3 is 6.03 Å². The summed E-state index contributed by atoms with van der Waals surface area (Å²) in [5, 5.41) is 3.03. The number of nitrogens with zero attached hydrogens (tertiary/aromatic N) is 3. The number of hydrogen-bond donors (Lipinski definition) is 1. The molecule has 3 aliphatic rings. The Morgan fingerprint density at radius 3 is 2.59 bits per heavy atom. The Morgan fingerprint density at radius 2 is 1.90 bits per heavy atom. The van der Waals surface area contributed by atoms with E-state index in [1.807, 2.05) is 11.9 Å². The molecular formula is C22H32N4O3. The Labute approximate surface area is 173 Å². The molecule has 29 heavy (non-hydrogen) atoms. The Hall–Kier alpha value is -2.12. The lowest BCUT2D eigenvalue weighted by atomic mass is 9.73. The van der Waals surface area contributed by atoms with E-state index in [9.17, 15) is 9.59 Å². The van der Waals surface area contributed by atoms with Crippen molar-refractivity contribution in [3.05, 3.63) is 29.8 Å². The van der Waals surface area contributed by atoms with Gasteiger partial charge in [-0.1, -0.05) is 31.9 Å². The van der Waals surface area contributed by atoms with Crippen molar-refractivity contribution >= 4 is 17.6 Å². The first-order valence-corrected chi connectivity index (χ1v) is 10.7. The Balaban J connectivity index is 1.36. The van der Waals surface area contributed by atoms with Crippen LogP contribution < -0.4 is 10.2 Å². The molecule has 1 aromatic carbocycles. The predicted molar refractivity (Wildman–Crippen MR) is 112 cm³/mol. The van der Waals surface area contributed by atoms with E-state index in [1.54, 1.807) is 0 Å². The zero-order valence-electron chi connectivity index (χ0n) is 17.5. The molecule has 1 spiro atoms. The molecule has 1 aliphatic carbocycles. The van der Waals surface area contributed by atoms with Gasteiger partial charge in [-0.25, -0.2) is 9.69 Å². The number of amides is 3. The summed E-state index contributed by atoms with van der Waals surface area (Å²) < 4.78 is 5.41. The largest absolute Gasteiger partial charge is 0.378 e. The first-order chi connectivity index (χ1) is 14.0. The number of rotatable bonds is 5. The molecule has 2 heterocycles. The van der Waals surface area contributed by atoms with Gasteiger partial charge in [0.2, 0.25) is 0 Å². The molecule has 3 fully saturated rings. The number of imide groups is 1. The van der Waals surface area contributed by atoms with E-state index in [0.717, 1.165) is 57.6 Å². The second-order valence-electron chi connectivity index (χ2n) is 8.70. The highest BCUT2D eigenvalue weighted by Crippen LogP contribution is 2.38. The first-order valence-electron chi connectivity index (χ1n) is 10.7. The van der Waals surface area contributed by atoms with Crippen LogP contribution in [0.2, 0.25) is 0 Å². The minimum Gasteiger partial charge on any atom is -0.378 e. The van der Waals surface area contributed by atoms with Crippen molar-refractivity contribution in [2.24, 2.45) is 5.92 Å². The van der Waals surface area contributed by atoms with Gasteiger partial charge in [0, 0.05) is 25.3 Å². The molecule has 3 amide bonds. The lowest BCUT2D eigenvalue weighted by molar-refractivity contribution is -0.135. The fourth-order valence-electron chi connectivity index (χ4n) is 4.86. The third kappa shape index (κ3) is 3.98. The van der Waals surface area contributed by atoms with E-state index < -0.39 is 5.54 Å². The third-order valence-electron chi connectivity index (χ3n) is 6.65. The summed E-state index contributed by atoms with van der Waals surface area (Å²) in [5.74, 6) is 0.139. The molecule has 2 atom stereocenters. The van der Waals surface area contributed by atoms with Gasteiger partial charge in [0.1, 0.15) is 5.54 Å². The van der Waals surface area contributed by atoms with E-state index in [2.05, 4.69) is 41.4 Å². The van der Waals surface area contributed by atoms with E-state index in [1.165, 1.54) is 10.6 Å². The number of carbonyl (C=O) groups excluding carboxylic acids is 2. The highest BCUT2D eigenvalue weighted by molar-refractivity contribution is 6.07. The molecule has 7 heteroatoms. The van der Waals surface area contributed by atoms with E-state index >= 15 is 0 Å². The molecular weight excluding hydrogens is 368 g/mol. The van der Waals surface area contributed by atoms with Crippen molar-refractivity contribution < 1.29 is 14.3 Å². The fourth-order valence-corrected chi connectivity index (χ4v) is 4.86. The van der Waals surface area contributed by atoms with Crippen LogP contribution in [0.1, 0.15) is 38.2 Å². The molecule has 158 valence electrons. The van der Waals surface area contributed by atoms with Crippen molar-refractivity contribution in [2.45, 2.75) is 44.7 Å². The standard InChI is InChI=1S/C22H32N4O3/c1-17-5-3-4-10-22(17)20(27)26(21(28)23-22)16-24(2)15-18-6-8-19(9-7-18)25-11-13-29-14-12-25/h6-9,17H,3-5,10-16H2,1-2H3,(H,23,28). The van der Waals surface area contributed by atoms with E-state index in [0.29, 0.717) is 13.2 Å². The second-order valence-corrected chi connectivity index (χ2v) is 8.70. The number of morpholine rings is 1. The van der Waals surface area contributed by atoms with Gasteiger partial charge in [-0.05, 0) is 43.5 Å². The highest BCUT2D eigenvalue weighted by atomic mass is 16.5. The lowest BCUT2D eigenvalue weighted by Gasteiger charge is -2.37. The molecule has 0 radical (unpaired) electrons. The quantitative estimate of drug-likeness (QED) is 0.769. The molecule has 0 aromatic heterocycles. The number of urea groups is 1. The van der Waals surface area contributed by atoms with Crippen LogP contribution in [0.25, 0.3) is 0 Å². The Bertz CT molecular complexity index is 747. The number of nitrogens with one attached hydrogen (secondary N) is 1. The number of benzene rings is 1. The molecule has 1 saturated carbocycles. The summed E-state index contributed by atoms with van der Waals surface area (Å²) >= 11 is 0. The summed E-state index contributed by atoms with van der Waals surface area (Å²) in [7, 11) is 1.95. The second kappa shape index (κ2) is 8.32. The van der Waals surface area contributed by atoms with Crippen LogP contribution in [-0.4, -0.2) is 67.3 Å².